The van der Waals surface area contributed by atoms with Crippen LogP contribution < -0.4 is 9.47 Å². The molecule has 0 saturated carbocycles. The van der Waals surface area contributed by atoms with Crippen LogP contribution in [0.15, 0.2) is 23.1 Å². The molecular weight excluding hydrogens is 172 g/mol. The molecule has 1 rings (SSSR count). The highest BCUT2D eigenvalue weighted by Crippen LogP contribution is 2.35. The fourth-order valence-electron chi connectivity index (χ4n) is 1.02. The normalized spacial score (nSPS) is 9.58. The number of hydrogen-bond acceptors (Lipinski definition) is 3. The molecule has 0 aromatic heterocycles. The molecule has 0 unspecified atom stereocenters. The highest BCUT2D eigenvalue weighted by Gasteiger charge is 2.06. The Kier molecular flexibility index (Phi) is 3.29. The van der Waals surface area contributed by atoms with E-state index in [2.05, 4.69) is 0 Å². The third kappa shape index (κ3) is 1.67. The van der Waals surface area contributed by atoms with E-state index in [-0.39, 0.29) is 0 Å². The minimum Gasteiger partial charge on any atom is -0.495 e. The van der Waals surface area contributed by atoms with Crippen molar-refractivity contribution in [1.82, 2.24) is 0 Å². The Hall–Kier alpha value is -0.830. The summed E-state index contributed by atoms with van der Waals surface area (Å²) in [6, 6.07) is 5.76. The molecule has 0 heterocycles. The summed E-state index contributed by atoms with van der Waals surface area (Å²) in [6.07, 6.45) is 2.00. The highest BCUT2D eigenvalue weighted by atomic mass is 32.2. The van der Waals surface area contributed by atoms with Crippen molar-refractivity contribution in [3.63, 3.8) is 0 Å². The Balaban J connectivity index is 3.13. The molecule has 2 nitrogen and oxygen atoms in total. The lowest BCUT2D eigenvalue weighted by Gasteiger charge is -2.09. The van der Waals surface area contributed by atoms with E-state index in [1.165, 1.54) is 0 Å². The van der Waals surface area contributed by atoms with Gasteiger partial charge in [-0.1, -0.05) is 6.07 Å². The van der Waals surface area contributed by atoms with Gasteiger partial charge in [0.1, 0.15) is 11.5 Å². The molecule has 0 aliphatic carbocycles. The number of hydrogen-bond donors (Lipinski definition) is 0. The fourth-order valence-corrected chi connectivity index (χ4v) is 1.72. The topological polar surface area (TPSA) is 18.5 Å². The van der Waals surface area contributed by atoms with Gasteiger partial charge in [0.2, 0.25) is 0 Å². The van der Waals surface area contributed by atoms with Gasteiger partial charge < -0.3 is 9.47 Å². The smallest absolute Gasteiger partial charge is 0.136 e. The van der Waals surface area contributed by atoms with Gasteiger partial charge in [-0.05, 0) is 18.4 Å². The maximum absolute atomic E-state index is 5.18. The molecular formula is C9H12O2S. The van der Waals surface area contributed by atoms with E-state index in [0.717, 1.165) is 16.4 Å². The van der Waals surface area contributed by atoms with Crippen molar-refractivity contribution < 1.29 is 9.47 Å². The summed E-state index contributed by atoms with van der Waals surface area (Å²) < 4.78 is 10.4. The standard InChI is InChI=1S/C9H12O2S/c1-10-7-5-4-6-8(11-2)9(7)12-3/h4-6H,1-3H3. The van der Waals surface area contributed by atoms with Gasteiger partial charge in [0.15, 0.2) is 0 Å². The SMILES string of the molecule is COc1cccc(OC)c1SC. The molecule has 0 bridgehead atoms. The molecule has 0 atom stereocenters. The highest BCUT2D eigenvalue weighted by molar-refractivity contribution is 7.98. The summed E-state index contributed by atoms with van der Waals surface area (Å²) in [6.45, 7) is 0. The van der Waals surface area contributed by atoms with Crippen LogP contribution in [0.3, 0.4) is 0 Å². The number of benzene rings is 1. The molecule has 66 valence electrons. The fraction of sp³-hybridized carbons (Fsp3) is 0.333. The van der Waals surface area contributed by atoms with E-state index in [9.17, 15) is 0 Å². The first kappa shape index (κ1) is 9.26. The number of rotatable bonds is 3. The quantitative estimate of drug-likeness (QED) is 0.672. The van der Waals surface area contributed by atoms with Crippen molar-refractivity contribution in [3.8, 4) is 11.5 Å². The summed E-state index contributed by atoms with van der Waals surface area (Å²) in [5.41, 5.74) is 0. The van der Waals surface area contributed by atoms with Gasteiger partial charge >= 0.3 is 0 Å². The first-order valence-corrected chi connectivity index (χ1v) is 4.81. The van der Waals surface area contributed by atoms with Crippen LogP contribution in [-0.4, -0.2) is 20.5 Å². The van der Waals surface area contributed by atoms with Gasteiger partial charge in [0, 0.05) is 0 Å². The third-order valence-corrected chi connectivity index (χ3v) is 2.40. The van der Waals surface area contributed by atoms with Crippen LogP contribution in [-0.2, 0) is 0 Å². The van der Waals surface area contributed by atoms with Crippen LogP contribution in [0.2, 0.25) is 0 Å². The molecule has 0 aliphatic rings. The molecule has 0 spiro atoms. The zero-order valence-electron chi connectivity index (χ0n) is 7.46. The molecule has 3 heteroatoms. The average Bonchev–Trinajstić information content (AvgIpc) is 2.16. The summed E-state index contributed by atoms with van der Waals surface area (Å²) >= 11 is 1.62. The second kappa shape index (κ2) is 4.26. The van der Waals surface area contributed by atoms with Crippen LogP contribution in [0.1, 0.15) is 0 Å². The van der Waals surface area contributed by atoms with Crippen LogP contribution in [0, 0.1) is 0 Å². The average molecular weight is 184 g/mol. The van der Waals surface area contributed by atoms with Crippen LogP contribution >= 0.6 is 11.8 Å². The predicted octanol–water partition coefficient (Wildman–Crippen LogP) is 2.43. The molecule has 0 fully saturated rings. The lowest BCUT2D eigenvalue weighted by Crippen LogP contribution is -1.90. The Morgan fingerprint density at radius 3 is 1.92 bits per heavy atom. The molecule has 1 aromatic carbocycles. The van der Waals surface area contributed by atoms with E-state index < -0.39 is 0 Å². The third-order valence-electron chi connectivity index (χ3n) is 1.59. The van der Waals surface area contributed by atoms with Gasteiger partial charge in [0.05, 0.1) is 19.1 Å². The van der Waals surface area contributed by atoms with Crippen molar-refractivity contribution in [2.24, 2.45) is 0 Å². The lowest BCUT2D eigenvalue weighted by atomic mass is 10.3. The maximum Gasteiger partial charge on any atom is 0.136 e. The number of methoxy groups -OCH3 is 2. The minimum atomic E-state index is 0.863. The van der Waals surface area contributed by atoms with Gasteiger partial charge in [0.25, 0.3) is 0 Å². The Morgan fingerprint density at radius 1 is 1.08 bits per heavy atom. The Morgan fingerprint density at radius 2 is 1.58 bits per heavy atom. The van der Waals surface area contributed by atoms with Crippen molar-refractivity contribution in [3.05, 3.63) is 18.2 Å². The second-order valence-electron chi connectivity index (χ2n) is 2.20. The second-order valence-corrected chi connectivity index (χ2v) is 3.01. The van der Waals surface area contributed by atoms with Gasteiger partial charge in [-0.2, -0.15) is 0 Å². The summed E-state index contributed by atoms with van der Waals surface area (Å²) in [5, 5.41) is 0. The zero-order valence-corrected chi connectivity index (χ0v) is 8.27. The summed E-state index contributed by atoms with van der Waals surface area (Å²) in [4.78, 5) is 1.04. The molecule has 0 radical (unpaired) electrons. The molecule has 0 aliphatic heterocycles. The van der Waals surface area contributed by atoms with E-state index in [1.807, 2.05) is 24.5 Å². The molecule has 0 saturated heterocycles. The largest absolute Gasteiger partial charge is 0.495 e. The maximum atomic E-state index is 5.18. The van der Waals surface area contributed by atoms with E-state index in [1.54, 1.807) is 26.0 Å². The van der Waals surface area contributed by atoms with Gasteiger partial charge in [-0.3, -0.25) is 0 Å². The predicted molar refractivity (Wildman–Crippen MR) is 51.3 cm³/mol. The van der Waals surface area contributed by atoms with Crippen LogP contribution in [0.5, 0.6) is 11.5 Å². The minimum absolute atomic E-state index is 0.863. The number of ether oxygens (including phenoxy) is 2. The molecule has 1 aromatic rings. The van der Waals surface area contributed by atoms with Gasteiger partial charge in [-0.25, -0.2) is 0 Å². The van der Waals surface area contributed by atoms with E-state index in [0.29, 0.717) is 0 Å². The first-order valence-electron chi connectivity index (χ1n) is 3.58. The summed E-state index contributed by atoms with van der Waals surface area (Å²) in [7, 11) is 3.32. The monoisotopic (exact) mass is 184 g/mol. The molecule has 0 N–H and O–H groups in total. The molecule has 12 heavy (non-hydrogen) atoms. The Bertz CT molecular complexity index is 238. The first-order chi connectivity index (χ1) is 5.83. The van der Waals surface area contributed by atoms with Crippen molar-refractivity contribution in [1.29, 1.82) is 0 Å². The van der Waals surface area contributed by atoms with Crippen LogP contribution in [0.25, 0.3) is 0 Å². The van der Waals surface area contributed by atoms with Gasteiger partial charge in [-0.15, -0.1) is 11.8 Å². The van der Waals surface area contributed by atoms with E-state index >= 15 is 0 Å². The number of thioether (sulfide) groups is 1. The lowest BCUT2D eigenvalue weighted by molar-refractivity contribution is 0.376. The van der Waals surface area contributed by atoms with Crippen LogP contribution in [0.4, 0.5) is 0 Å². The van der Waals surface area contributed by atoms with Crippen molar-refractivity contribution in [2.75, 3.05) is 20.5 Å². The van der Waals surface area contributed by atoms with E-state index in [4.69, 9.17) is 9.47 Å². The van der Waals surface area contributed by atoms with Crippen molar-refractivity contribution in [2.45, 2.75) is 4.90 Å². The summed E-state index contributed by atoms with van der Waals surface area (Å²) in [5.74, 6) is 1.73. The zero-order chi connectivity index (χ0) is 8.97. The Labute approximate surface area is 76.9 Å². The van der Waals surface area contributed by atoms with Crippen molar-refractivity contribution >= 4 is 11.8 Å². The molecule has 0 amide bonds.